The fraction of sp³-hybridized carbons (Fsp3) is 0.364. The van der Waals surface area contributed by atoms with Crippen LogP contribution in [0, 0.1) is 17.0 Å². The van der Waals surface area contributed by atoms with Gasteiger partial charge in [-0.15, -0.1) is 0 Å². The lowest BCUT2D eigenvalue weighted by molar-refractivity contribution is -0.484. The molecule has 0 aromatic heterocycles. The van der Waals surface area contributed by atoms with E-state index in [1.54, 1.807) is 18.2 Å². The average Bonchev–Trinajstić information content (AvgIpc) is 2.27. The van der Waals surface area contributed by atoms with E-state index in [1.165, 1.54) is 7.11 Å². The van der Waals surface area contributed by atoms with Gasteiger partial charge in [0.15, 0.2) is 0 Å². The SMILES string of the molecule is COC(=O)N[C@H](C[N+](=O)[O-])c1cccc(C)c1. The van der Waals surface area contributed by atoms with E-state index < -0.39 is 17.1 Å². The minimum absolute atomic E-state index is 0.376. The molecule has 0 fully saturated rings. The first kappa shape index (κ1) is 13.0. The second-order valence-electron chi connectivity index (χ2n) is 3.62. The van der Waals surface area contributed by atoms with Gasteiger partial charge in [-0.1, -0.05) is 29.8 Å². The van der Waals surface area contributed by atoms with Gasteiger partial charge in [0.05, 0.1) is 7.11 Å². The smallest absolute Gasteiger partial charge is 0.407 e. The highest BCUT2D eigenvalue weighted by molar-refractivity contribution is 5.67. The summed E-state index contributed by atoms with van der Waals surface area (Å²) in [4.78, 5) is 21.2. The second kappa shape index (κ2) is 5.83. The summed E-state index contributed by atoms with van der Waals surface area (Å²) in [6.45, 7) is 1.50. The lowest BCUT2D eigenvalue weighted by Crippen LogP contribution is -2.32. The minimum Gasteiger partial charge on any atom is -0.453 e. The highest BCUT2D eigenvalue weighted by Crippen LogP contribution is 2.15. The molecular formula is C11H14N2O4. The molecule has 1 rings (SSSR count). The highest BCUT2D eigenvalue weighted by atomic mass is 16.6. The molecule has 17 heavy (non-hydrogen) atoms. The van der Waals surface area contributed by atoms with Crippen LogP contribution in [0.2, 0.25) is 0 Å². The molecule has 1 atom stereocenters. The molecule has 0 saturated heterocycles. The predicted octanol–water partition coefficient (Wildman–Crippen LogP) is 1.67. The van der Waals surface area contributed by atoms with E-state index in [2.05, 4.69) is 10.1 Å². The van der Waals surface area contributed by atoms with Gasteiger partial charge in [-0.2, -0.15) is 0 Å². The van der Waals surface area contributed by atoms with Crippen molar-refractivity contribution in [1.82, 2.24) is 5.32 Å². The maximum atomic E-state index is 11.1. The van der Waals surface area contributed by atoms with Gasteiger partial charge in [0.25, 0.3) is 0 Å². The maximum Gasteiger partial charge on any atom is 0.407 e. The summed E-state index contributed by atoms with van der Waals surface area (Å²) < 4.78 is 4.44. The van der Waals surface area contributed by atoms with Crippen molar-refractivity contribution in [1.29, 1.82) is 0 Å². The normalized spacial score (nSPS) is 11.6. The number of benzene rings is 1. The zero-order chi connectivity index (χ0) is 12.8. The molecule has 0 aliphatic rings. The largest absolute Gasteiger partial charge is 0.453 e. The quantitative estimate of drug-likeness (QED) is 0.639. The first-order chi connectivity index (χ1) is 8.02. The molecule has 1 aromatic carbocycles. The van der Waals surface area contributed by atoms with Crippen LogP contribution in [0.4, 0.5) is 4.79 Å². The molecule has 6 nitrogen and oxygen atoms in total. The number of nitrogens with one attached hydrogen (secondary N) is 1. The number of carbonyl (C=O) groups is 1. The zero-order valence-corrected chi connectivity index (χ0v) is 9.67. The van der Waals surface area contributed by atoms with Crippen LogP contribution in [0.15, 0.2) is 24.3 Å². The van der Waals surface area contributed by atoms with Crippen molar-refractivity contribution in [3.63, 3.8) is 0 Å². The van der Waals surface area contributed by atoms with Crippen molar-refractivity contribution in [3.05, 3.63) is 45.5 Å². The number of rotatable bonds is 4. The van der Waals surface area contributed by atoms with Gasteiger partial charge < -0.3 is 10.1 Å². The van der Waals surface area contributed by atoms with E-state index in [-0.39, 0.29) is 6.54 Å². The lowest BCUT2D eigenvalue weighted by Gasteiger charge is -2.14. The van der Waals surface area contributed by atoms with Gasteiger partial charge in [0, 0.05) is 4.92 Å². The van der Waals surface area contributed by atoms with E-state index >= 15 is 0 Å². The van der Waals surface area contributed by atoms with Crippen molar-refractivity contribution in [3.8, 4) is 0 Å². The summed E-state index contributed by atoms with van der Waals surface area (Å²) in [5, 5.41) is 13.0. The predicted molar refractivity (Wildman–Crippen MR) is 61.3 cm³/mol. The number of carbonyl (C=O) groups excluding carboxylic acids is 1. The molecule has 0 heterocycles. The molecule has 1 aromatic rings. The van der Waals surface area contributed by atoms with Gasteiger partial charge in [-0.05, 0) is 12.5 Å². The molecule has 6 heteroatoms. The number of aryl methyl sites for hydroxylation is 1. The highest BCUT2D eigenvalue weighted by Gasteiger charge is 2.20. The summed E-state index contributed by atoms with van der Waals surface area (Å²) >= 11 is 0. The molecule has 1 N–H and O–H groups in total. The van der Waals surface area contributed by atoms with Gasteiger partial charge in [0.1, 0.15) is 6.04 Å². The van der Waals surface area contributed by atoms with Crippen molar-refractivity contribution in [2.75, 3.05) is 13.7 Å². The number of nitrogens with zero attached hydrogens (tertiary/aromatic N) is 1. The van der Waals surface area contributed by atoms with Crippen LogP contribution in [0.5, 0.6) is 0 Å². The van der Waals surface area contributed by atoms with Crippen molar-refractivity contribution in [2.24, 2.45) is 0 Å². The second-order valence-corrected chi connectivity index (χ2v) is 3.62. The monoisotopic (exact) mass is 238 g/mol. The molecule has 0 unspecified atom stereocenters. The van der Waals surface area contributed by atoms with Gasteiger partial charge in [0.2, 0.25) is 6.54 Å². The number of ether oxygens (including phenoxy) is 1. The molecule has 0 aliphatic carbocycles. The van der Waals surface area contributed by atoms with Gasteiger partial charge in [-0.3, -0.25) is 10.1 Å². The molecule has 0 radical (unpaired) electrons. The third kappa shape index (κ3) is 4.10. The third-order valence-electron chi connectivity index (χ3n) is 2.25. The minimum atomic E-state index is -0.683. The molecule has 1 amide bonds. The molecular weight excluding hydrogens is 224 g/mol. The van der Waals surface area contributed by atoms with Crippen LogP contribution in [0.1, 0.15) is 17.2 Å². The molecule has 0 aliphatic heterocycles. The first-order valence-electron chi connectivity index (χ1n) is 5.05. The maximum absolute atomic E-state index is 11.1. The number of hydrogen-bond acceptors (Lipinski definition) is 4. The van der Waals surface area contributed by atoms with Crippen molar-refractivity contribution >= 4 is 6.09 Å². The number of nitro groups is 1. The Hall–Kier alpha value is -2.11. The lowest BCUT2D eigenvalue weighted by atomic mass is 10.0. The number of hydrogen-bond donors (Lipinski definition) is 1. The topological polar surface area (TPSA) is 81.5 Å². The average molecular weight is 238 g/mol. The van der Waals surface area contributed by atoms with Gasteiger partial charge >= 0.3 is 6.09 Å². The Morgan fingerprint density at radius 3 is 2.82 bits per heavy atom. The fourth-order valence-electron chi connectivity index (χ4n) is 1.47. The van der Waals surface area contributed by atoms with Crippen LogP contribution in [-0.2, 0) is 4.74 Å². The summed E-state index contributed by atoms with van der Waals surface area (Å²) in [6, 6.07) is 6.51. The summed E-state index contributed by atoms with van der Waals surface area (Å²) in [6.07, 6.45) is -0.682. The van der Waals surface area contributed by atoms with E-state index in [1.807, 2.05) is 13.0 Å². The van der Waals surface area contributed by atoms with Crippen LogP contribution in [0.25, 0.3) is 0 Å². The first-order valence-corrected chi connectivity index (χ1v) is 5.05. The number of amides is 1. The Labute approximate surface area is 98.7 Å². The van der Waals surface area contributed by atoms with Crippen molar-refractivity contribution in [2.45, 2.75) is 13.0 Å². The van der Waals surface area contributed by atoms with E-state index in [0.717, 1.165) is 5.56 Å². The standard InChI is InChI=1S/C11H14N2O4/c1-8-4-3-5-9(6-8)10(7-13(15)16)12-11(14)17-2/h3-6,10H,7H2,1-2H3,(H,12,14)/t10-/m1/s1. The van der Waals surface area contributed by atoms with Crippen molar-refractivity contribution < 1.29 is 14.5 Å². The summed E-state index contributed by atoms with van der Waals surface area (Å²) in [5.41, 5.74) is 1.66. The van der Waals surface area contributed by atoms with Crippen LogP contribution >= 0.6 is 0 Å². The zero-order valence-electron chi connectivity index (χ0n) is 9.67. The Balaban J connectivity index is 2.89. The Kier molecular flexibility index (Phi) is 4.45. The molecule has 0 saturated carbocycles. The van der Waals surface area contributed by atoms with Crippen LogP contribution in [-0.4, -0.2) is 24.7 Å². The van der Waals surface area contributed by atoms with Gasteiger partial charge in [-0.25, -0.2) is 4.79 Å². The number of alkyl carbamates (subject to hydrolysis) is 1. The van der Waals surface area contributed by atoms with E-state index in [4.69, 9.17) is 0 Å². The van der Waals surface area contributed by atoms with E-state index in [0.29, 0.717) is 5.56 Å². The third-order valence-corrected chi connectivity index (χ3v) is 2.25. The Bertz CT molecular complexity index is 420. The molecule has 0 spiro atoms. The van der Waals surface area contributed by atoms with E-state index in [9.17, 15) is 14.9 Å². The molecule has 0 bridgehead atoms. The van der Waals surface area contributed by atoms with Crippen LogP contribution in [0.3, 0.4) is 0 Å². The Morgan fingerprint density at radius 1 is 1.59 bits per heavy atom. The molecule has 92 valence electrons. The number of methoxy groups -OCH3 is 1. The Morgan fingerprint density at radius 2 is 2.29 bits per heavy atom. The fourth-order valence-corrected chi connectivity index (χ4v) is 1.47. The summed E-state index contributed by atoms with van der Waals surface area (Å²) in [7, 11) is 1.22. The summed E-state index contributed by atoms with van der Waals surface area (Å²) in [5.74, 6) is 0. The van der Waals surface area contributed by atoms with Crippen LogP contribution < -0.4 is 5.32 Å².